The molecule has 1 aromatic heterocycles. The zero-order valence-electron chi connectivity index (χ0n) is 10.3. The third-order valence-corrected chi connectivity index (χ3v) is 3.20. The lowest BCUT2D eigenvalue weighted by molar-refractivity contribution is 0.0954. The van der Waals surface area contributed by atoms with Gasteiger partial charge in [-0.2, -0.15) is 5.10 Å². The zero-order chi connectivity index (χ0) is 13.7. The van der Waals surface area contributed by atoms with Gasteiger partial charge in [0.15, 0.2) is 0 Å². The molecule has 0 saturated heterocycles. The Labute approximate surface area is 119 Å². The number of benzene rings is 1. The van der Waals surface area contributed by atoms with E-state index in [0.29, 0.717) is 5.56 Å². The van der Waals surface area contributed by atoms with Crippen molar-refractivity contribution in [3.8, 4) is 0 Å². The van der Waals surface area contributed by atoms with Gasteiger partial charge >= 0.3 is 0 Å². The van der Waals surface area contributed by atoms with Gasteiger partial charge in [0, 0.05) is 22.4 Å². The quantitative estimate of drug-likeness (QED) is 0.699. The Balaban J connectivity index is 2.11. The maximum atomic E-state index is 11.8. The molecule has 19 heavy (non-hydrogen) atoms. The predicted octanol–water partition coefficient (Wildman–Crippen LogP) is 3.00. The van der Waals surface area contributed by atoms with Gasteiger partial charge in [-0.15, -0.1) is 0 Å². The van der Waals surface area contributed by atoms with Crippen molar-refractivity contribution in [2.24, 2.45) is 5.10 Å². The van der Waals surface area contributed by atoms with Crippen LogP contribution < -0.4 is 5.43 Å². The first kappa shape index (κ1) is 13.4. The Morgan fingerprint density at radius 2 is 2.05 bits per heavy atom. The third-order valence-electron chi connectivity index (χ3n) is 2.51. The molecule has 0 aliphatic rings. The van der Waals surface area contributed by atoms with Crippen molar-refractivity contribution < 1.29 is 4.79 Å². The molecule has 0 atom stereocenters. The lowest BCUT2D eigenvalue weighted by Crippen LogP contribution is -2.19. The van der Waals surface area contributed by atoms with E-state index in [-0.39, 0.29) is 5.91 Å². The van der Waals surface area contributed by atoms with E-state index >= 15 is 0 Å². The number of carbonyl (C=O) groups is 1. The zero-order valence-corrected chi connectivity index (χ0v) is 11.9. The highest BCUT2D eigenvalue weighted by Crippen LogP contribution is 2.16. The van der Waals surface area contributed by atoms with Gasteiger partial charge in [-0.1, -0.05) is 34.1 Å². The lowest BCUT2D eigenvalue weighted by atomic mass is 10.1. The Morgan fingerprint density at radius 1 is 1.26 bits per heavy atom. The van der Waals surface area contributed by atoms with E-state index in [0.717, 1.165) is 15.7 Å². The number of pyridine rings is 1. The largest absolute Gasteiger partial charge is 0.272 e. The Hall–Kier alpha value is -2.01. The van der Waals surface area contributed by atoms with Gasteiger partial charge in [-0.05, 0) is 25.1 Å². The number of rotatable bonds is 3. The molecule has 0 aliphatic carbocycles. The molecule has 0 spiro atoms. The van der Waals surface area contributed by atoms with Crippen molar-refractivity contribution in [1.29, 1.82) is 0 Å². The molecule has 0 fully saturated rings. The van der Waals surface area contributed by atoms with E-state index in [1.165, 1.54) is 6.20 Å². The molecule has 0 aliphatic heterocycles. The first-order valence-corrected chi connectivity index (χ1v) is 6.47. The Kier molecular flexibility index (Phi) is 4.41. The van der Waals surface area contributed by atoms with Crippen LogP contribution in [0.15, 0.2) is 58.4 Å². The molecule has 1 heterocycles. The topological polar surface area (TPSA) is 54.4 Å². The van der Waals surface area contributed by atoms with Crippen LogP contribution >= 0.6 is 15.9 Å². The van der Waals surface area contributed by atoms with Crippen LogP contribution in [0.4, 0.5) is 0 Å². The first-order chi connectivity index (χ1) is 9.18. The molecule has 1 aromatic carbocycles. The van der Waals surface area contributed by atoms with E-state index < -0.39 is 0 Å². The van der Waals surface area contributed by atoms with E-state index in [4.69, 9.17) is 0 Å². The summed E-state index contributed by atoms with van der Waals surface area (Å²) in [5, 5.41) is 4.09. The number of aromatic nitrogens is 1. The second kappa shape index (κ2) is 6.24. The minimum atomic E-state index is -0.278. The van der Waals surface area contributed by atoms with Gasteiger partial charge in [0.2, 0.25) is 0 Å². The Bertz CT molecular complexity index is 611. The van der Waals surface area contributed by atoms with Crippen LogP contribution in [0.5, 0.6) is 0 Å². The molecule has 0 unspecified atom stereocenters. The SMILES string of the molecule is C/C(=N/NC(=O)c1cccnc1)c1ccccc1Br. The van der Waals surface area contributed by atoms with Crippen molar-refractivity contribution in [2.75, 3.05) is 0 Å². The fourth-order valence-electron chi connectivity index (χ4n) is 1.51. The Morgan fingerprint density at radius 3 is 2.74 bits per heavy atom. The van der Waals surface area contributed by atoms with Crippen molar-refractivity contribution in [1.82, 2.24) is 10.4 Å². The molecule has 2 rings (SSSR count). The molecule has 0 radical (unpaired) electrons. The van der Waals surface area contributed by atoms with Crippen molar-refractivity contribution in [2.45, 2.75) is 6.92 Å². The van der Waals surface area contributed by atoms with Gasteiger partial charge in [0.25, 0.3) is 5.91 Å². The molecule has 5 heteroatoms. The lowest BCUT2D eigenvalue weighted by Gasteiger charge is -2.04. The van der Waals surface area contributed by atoms with Gasteiger partial charge in [0.05, 0.1) is 11.3 Å². The number of hydrazone groups is 1. The van der Waals surface area contributed by atoms with Crippen LogP contribution in [0.2, 0.25) is 0 Å². The molecule has 1 N–H and O–H groups in total. The number of nitrogens with one attached hydrogen (secondary N) is 1. The molecular weight excluding hydrogens is 306 g/mol. The molecule has 0 saturated carbocycles. The summed E-state index contributed by atoms with van der Waals surface area (Å²) in [6.07, 6.45) is 3.12. The number of nitrogens with zero attached hydrogens (tertiary/aromatic N) is 2. The summed E-state index contributed by atoms with van der Waals surface area (Å²) in [5.74, 6) is -0.278. The van der Waals surface area contributed by atoms with Crippen LogP contribution in [-0.4, -0.2) is 16.6 Å². The maximum absolute atomic E-state index is 11.8. The summed E-state index contributed by atoms with van der Waals surface area (Å²) in [7, 11) is 0. The fraction of sp³-hybridized carbons (Fsp3) is 0.0714. The van der Waals surface area contributed by atoms with Gasteiger partial charge in [-0.3, -0.25) is 9.78 Å². The first-order valence-electron chi connectivity index (χ1n) is 5.68. The molecule has 4 nitrogen and oxygen atoms in total. The standard InChI is InChI=1S/C14H12BrN3O/c1-10(12-6-2-3-7-13(12)15)17-18-14(19)11-5-4-8-16-9-11/h2-9H,1H3,(H,18,19)/b17-10-. The van der Waals surface area contributed by atoms with Gasteiger partial charge < -0.3 is 0 Å². The summed E-state index contributed by atoms with van der Waals surface area (Å²) < 4.78 is 0.937. The summed E-state index contributed by atoms with van der Waals surface area (Å²) in [6.45, 7) is 1.84. The highest BCUT2D eigenvalue weighted by molar-refractivity contribution is 9.10. The molecule has 0 bridgehead atoms. The van der Waals surface area contributed by atoms with Crippen molar-refractivity contribution in [3.63, 3.8) is 0 Å². The normalized spacial score (nSPS) is 11.2. The molecule has 1 amide bonds. The fourth-order valence-corrected chi connectivity index (χ4v) is 2.08. The third kappa shape index (κ3) is 3.48. The molecule has 96 valence electrons. The van der Waals surface area contributed by atoms with E-state index in [2.05, 4.69) is 31.4 Å². The molecule has 2 aromatic rings. The monoisotopic (exact) mass is 317 g/mol. The maximum Gasteiger partial charge on any atom is 0.272 e. The van der Waals surface area contributed by atoms with E-state index in [1.807, 2.05) is 31.2 Å². The van der Waals surface area contributed by atoms with Crippen LogP contribution in [0, 0.1) is 0 Å². The van der Waals surface area contributed by atoms with Crippen LogP contribution in [0.1, 0.15) is 22.8 Å². The molecular formula is C14H12BrN3O. The summed E-state index contributed by atoms with van der Waals surface area (Å²) in [6, 6.07) is 11.1. The van der Waals surface area contributed by atoms with Crippen LogP contribution in [0.3, 0.4) is 0 Å². The number of hydrogen-bond donors (Lipinski definition) is 1. The van der Waals surface area contributed by atoms with Crippen molar-refractivity contribution >= 4 is 27.5 Å². The van der Waals surface area contributed by atoms with Gasteiger partial charge in [-0.25, -0.2) is 5.43 Å². The minimum absolute atomic E-state index is 0.278. The number of carbonyl (C=O) groups excluding carboxylic acids is 1. The average molecular weight is 318 g/mol. The van der Waals surface area contributed by atoms with Crippen LogP contribution in [0.25, 0.3) is 0 Å². The summed E-state index contributed by atoms with van der Waals surface area (Å²) >= 11 is 3.45. The number of hydrogen-bond acceptors (Lipinski definition) is 3. The van der Waals surface area contributed by atoms with Crippen molar-refractivity contribution in [3.05, 3.63) is 64.4 Å². The van der Waals surface area contributed by atoms with E-state index in [9.17, 15) is 4.79 Å². The van der Waals surface area contributed by atoms with Gasteiger partial charge in [0.1, 0.15) is 0 Å². The van der Waals surface area contributed by atoms with E-state index in [1.54, 1.807) is 18.3 Å². The summed E-state index contributed by atoms with van der Waals surface area (Å²) in [5.41, 5.74) is 4.66. The summed E-state index contributed by atoms with van der Waals surface area (Å²) in [4.78, 5) is 15.7. The highest BCUT2D eigenvalue weighted by atomic mass is 79.9. The van der Waals surface area contributed by atoms with Crippen LogP contribution in [-0.2, 0) is 0 Å². The highest BCUT2D eigenvalue weighted by Gasteiger charge is 2.05. The number of amides is 1. The smallest absolute Gasteiger partial charge is 0.267 e. The predicted molar refractivity (Wildman–Crippen MR) is 78.1 cm³/mol. The minimum Gasteiger partial charge on any atom is -0.267 e. The second-order valence-electron chi connectivity index (χ2n) is 3.86. The second-order valence-corrected chi connectivity index (χ2v) is 4.71. The average Bonchev–Trinajstić information content (AvgIpc) is 2.46. The number of halogens is 1.